The fourth-order valence-electron chi connectivity index (χ4n) is 1.85. The number of phenols is 1. The van der Waals surface area contributed by atoms with Crippen LogP contribution in [-0.2, 0) is 0 Å². The Morgan fingerprint density at radius 1 is 1.10 bits per heavy atom. The van der Waals surface area contributed by atoms with E-state index in [1.807, 2.05) is 0 Å². The molecule has 0 bridgehead atoms. The van der Waals surface area contributed by atoms with Crippen LogP contribution in [0, 0.1) is 0 Å². The van der Waals surface area contributed by atoms with Gasteiger partial charge in [-0.1, -0.05) is 0 Å². The lowest BCUT2D eigenvalue weighted by atomic mass is 10.1. The summed E-state index contributed by atoms with van der Waals surface area (Å²) < 4.78 is 9.97. The van der Waals surface area contributed by atoms with E-state index in [1.165, 1.54) is 26.4 Å². The molecule has 1 amide bonds. The van der Waals surface area contributed by atoms with E-state index >= 15 is 0 Å². The fourth-order valence-corrected chi connectivity index (χ4v) is 1.85. The van der Waals surface area contributed by atoms with Gasteiger partial charge in [0, 0.05) is 11.3 Å². The number of nitrogens with two attached hydrogens (primary N) is 1. The van der Waals surface area contributed by atoms with Crippen LogP contribution in [0.5, 0.6) is 17.2 Å². The maximum Gasteiger partial charge on any atom is 0.255 e. The van der Waals surface area contributed by atoms with Crippen LogP contribution in [0.15, 0.2) is 36.4 Å². The standard InChI is InChI=1S/C15H16N2O4/c1-20-13-6-4-10(8-11(13)16)17-15(19)9-3-5-14(21-2)12(18)7-9/h3-8,18H,16H2,1-2H3,(H,17,19). The van der Waals surface area contributed by atoms with Crippen LogP contribution in [0.1, 0.15) is 10.4 Å². The zero-order valence-electron chi connectivity index (χ0n) is 11.7. The summed E-state index contributed by atoms with van der Waals surface area (Å²) in [6, 6.07) is 9.35. The van der Waals surface area contributed by atoms with Crippen molar-refractivity contribution in [3.05, 3.63) is 42.0 Å². The quantitative estimate of drug-likeness (QED) is 0.750. The van der Waals surface area contributed by atoms with Crippen molar-refractivity contribution in [2.45, 2.75) is 0 Å². The second-order valence-electron chi connectivity index (χ2n) is 4.30. The Morgan fingerprint density at radius 2 is 1.76 bits per heavy atom. The summed E-state index contributed by atoms with van der Waals surface area (Å²) in [6.07, 6.45) is 0. The fraction of sp³-hybridized carbons (Fsp3) is 0.133. The third-order valence-electron chi connectivity index (χ3n) is 2.93. The van der Waals surface area contributed by atoms with Crippen molar-refractivity contribution in [3.8, 4) is 17.2 Å². The molecule has 2 rings (SSSR count). The summed E-state index contributed by atoms with van der Waals surface area (Å²) in [7, 11) is 2.96. The number of ether oxygens (including phenoxy) is 2. The van der Waals surface area contributed by atoms with Gasteiger partial charge in [0.2, 0.25) is 0 Å². The lowest BCUT2D eigenvalue weighted by molar-refractivity contribution is 0.102. The molecule has 0 atom stereocenters. The molecule has 2 aromatic rings. The minimum Gasteiger partial charge on any atom is -0.504 e. The van der Waals surface area contributed by atoms with Gasteiger partial charge in [-0.05, 0) is 36.4 Å². The van der Waals surface area contributed by atoms with Crippen LogP contribution >= 0.6 is 0 Å². The number of rotatable bonds is 4. The SMILES string of the molecule is COc1ccc(NC(=O)c2ccc(OC)c(O)c2)cc1N. The second-order valence-corrected chi connectivity index (χ2v) is 4.30. The van der Waals surface area contributed by atoms with E-state index in [2.05, 4.69) is 5.32 Å². The molecule has 0 saturated heterocycles. The van der Waals surface area contributed by atoms with E-state index in [0.717, 1.165) is 0 Å². The molecule has 0 spiro atoms. The summed E-state index contributed by atoms with van der Waals surface area (Å²) in [5.41, 5.74) is 7.04. The van der Waals surface area contributed by atoms with Crippen molar-refractivity contribution in [1.82, 2.24) is 0 Å². The zero-order chi connectivity index (χ0) is 15.4. The van der Waals surface area contributed by atoms with Gasteiger partial charge in [0.25, 0.3) is 5.91 Å². The third kappa shape index (κ3) is 3.17. The van der Waals surface area contributed by atoms with Crippen molar-refractivity contribution in [1.29, 1.82) is 0 Å². The molecule has 0 radical (unpaired) electrons. The number of amides is 1. The molecule has 0 aliphatic carbocycles. The number of benzene rings is 2. The Balaban J connectivity index is 2.18. The van der Waals surface area contributed by atoms with Gasteiger partial charge in [0.05, 0.1) is 19.9 Å². The van der Waals surface area contributed by atoms with E-state index in [0.29, 0.717) is 28.4 Å². The molecule has 21 heavy (non-hydrogen) atoms. The molecule has 2 aromatic carbocycles. The number of aromatic hydroxyl groups is 1. The van der Waals surface area contributed by atoms with Crippen molar-refractivity contribution in [2.75, 3.05) is 25.3 Å². The molecule has 6 nitrogen and oxygen atoms in total. The minimum atomic E-state index is -0.363. The normalized spacial score (nSPS) is 10.0. The van der Waals surface area contributed by atoms with E-state index in [4.69, 9.17) is 15.2 Å². The largest absolute Gasteiger partial charge is 0.504 e. The zero-order valence-corrected chi connectivity index (χ0v) is 11.7. The number of nitrogen functional groups attached to an aromatic ring is 1. The molecule has 110 valence electrons. The molecule has 0 aromatic heterocycles. The van der Waals surface area contributed by atoms with Crippen LogP contribution in [-0.4, -0.2) is 25.2 Å². The first-order valence-corrected chi connectivity index (χ1v) is 6.17. The highest BCUT2D eigenvalue weighted by atomic mass is 16.5. The summed E-state index contributed by atoms with van der Waals surface area (Å²) >= 11 is 0. The van der Waals surface area contributed by atoms with Gasteiger partial charge in [-0.15, -0.1) is 0 Å². The third-order valence-corrected chi connectivity index (χ3v) is 2.93. The van der Waals surface area contributed by atoms with Crippen LogP contribution in [0.3, 0.4) is 0 Å². The summed E-state index contributed by atoms with van der Waals surface area (Å²) in [5, 5.41) is 12.4. The first-order chi connectivity index (χ1) is 10.0. The lowest BCUT2D eigenvalue weighted by Gasteiger charge is -2.10. The Kier molecular flexibility index (Phi) is 4.18. The number of anilines is 2. The van der Waals surface area contributed by atoms with Crippen LogP contribution < -0.4 is 20.5 Å². The molecule has 0 fully saturated rings. The number of methoxy groups -OCH3 is 2. The topological polar surface area (TPSA) is 93.8 Å². The molecule has 4 N–H and O–H groups in total. The summed E-state index contributed by atoms with van der Waals surface area (Å²) in [5.74, 6) is 0.382. The molecule has 0 unspecified atom stereocenters. The number of phenolic OH excluding ortho intramolecular Hbond substituents is 1. The van der Waals surface area contributed by atoms with E-state index in [1.54, 1.807) is 24.3 Å². The summed E-state index contributed by atoms with van der Waals surface area (Å²) in [4.78, 5) is 12.1. The predicted molar refractivity (Wildman–Crippen MR) is 80.0 cm³/mol. The maximum atomic E-state index is 12.1. The highest BCUT2D eigenvalue weighted by molar-refractivity contribution is 6.04. The van der Waals surface area contributed by atoms with Crippen molar-refractivity contribution >= 4 is 17.3 Å². The molecule has 6 heteroatoms. The monoisotopic (exact) mass is 288 g/mol. The van der Waals surface area contributed by atoms with Crippen molar-refractivity contribution < 1.29 is 19.4 Å². The first kappa shape index (κ1) is 14.5. The Morgan fingerprint density at radius 3 is 2.33 bits per heavy atom. The van der Waals surface area contributed by atoms with E-state index < -0.39 is 0 Å². The van der Waals surface area contributed by atoms with Gasteiger partial charge in [-0.3, -0.25) is 4.79 Å². The molecule has 0 aliphatic rings. The van der Waals surface area contributed by atoms with Gasteiger partial charge in [0.15, 0.2) is 11.5 Å². The van der Waals surface area contributed by atoms with Gasteiger partial charge in [-0.25, -0.2) is 0 Å². The highest BCUT2D eigenvalue weighted by Gasteiger charge is 2.10. The highest BCUT2D eigenvalue weighted by Crippen LogP contribution is 2.28. The number of nitrogens with one attached hydrogen (secondary N) is 1. The average molecular weight is 288 g/mol. The molecular formula is C15H16N2O4. The smallest absolute Gasteiger partial charge is 0.255 e. The van der Waals surface area contributed by atoms with Gasteiger partial charge < -0.3 is 25.6 Å². The molecule has 0 heterocycles. The van der Waals surface area contributed by atoms with Crippen molar-refractivity contribution in [2.24, 2.45) is 0 Å². The molecular weight excluding hydrogens is 272 g/mol. The van der Waals surface area contributed by atoms with Crippen LogP contribution in [0.2, 0.25) is 0 Å². The average Bonchev–Trinajstić information content (AvgIpc) is 2.47. The van der Waals surface area contributed by atoms with Crippen LogP contribution in [0.25, 0.3) is 0 Å². The number of carbonyl (C=O) groups excluding carboxylic acids is 1. The second kappa shape index (κ2) is 6.04. The summed E-state index contributed by atoms with van der Waals surface area (Å²) in [6.45, 7) is 0. The van der Waals surface area contributed by atoms with Crippen LogP contribution in [0.4, 0.5) is 11.4 Å². The molecule has 0 saturated carbocycles. The first-order valence-electron chi connectivity index (χ1n) is 6.17. The van der Waals surface area contributed by atoms with Gasteiger partial charge >= 0.3 is 0 Å². The van der Waals surface area contributed by atoms with Gasteiger partial charge in [-0.2, -0.15) is 0 Å². The van der Waals surface area contributed by atoms with E-state index in [-0.39, 0.29) is 11.7 Å². The minimum absolute atomic E-state index is 0.0978. The predicted octanol–water partition coefficient (Wildman–Crippen LogP) is 2.24. The van der Waals surface area contributed by atoms with Gasteiger partial charge in [0.1, 0.15) is 5.75 Å². The Bertz CT molecular complexity index is 671. The number of hydrogen-bond acceptors (Lipinski definition) is 5. The molecule has 0 aliphatic heterocycles. The number of carbonyl (C=O) groups is 1. The maximum absolute atomic E-state index is 12.1. The van der Waals surface area contributed by atoms with E-state index in [9.17, 15) is 9.90 Å². The lowest BCUT2D eigenvalue weighted by Crippen LogP contribution is -2.12. The Labute approximate surface area is 122 Å². The Hall–Kier alpha value is -2.89. The van der Waals surface area contributed by atoms with Crippen molar-refractivity contribution in [3.63, 3.8) is 0 Å². The number of hydrogen-bond donors (Lipinski definition) is 3.